The van der Waals surface area contributed by atoms with Gasteiger partial charge in [0, 0.05) is 12.8 Å². The summed E-state index contributed by atoms with van der Waals surface area (Å²) >= 11 is 0. The molecule has 324 valence electrons. The van der Waals surface area contributed by atoms with Crippen molar-refractivity contribution in [2.45, 2.75) is 225 Å². The average Bonchev–Trinajstić information content (AvgIpc) is 3.16. The monoisotopic (exact) mass is 804 g/mol. The fourth-order valence-electron chi connectivity index (χ4n) is 6.22. The number of nitrogens with two attached hydrogens (primary N) is 1. The summed E-state index contributed by atoms with van der Waals surface area (Å²) in [5.74, 6) is -2.37. The van der Waals surface area contributed by atoms with Crippen molar-refractivity contribution in [2.75, 3.05) is 19.8 Å². The molecule has 0 spiro atoms. The fraction of sp³-hybridized carbons (Fsp3) is 0.884. The van der Waals surface area contributed by atoms with Crippen molar-refractivity contribution in [3.05, 3.63) is 12.2 Å². The number of unbranched alkanes of at least 4 members (excludes halogenated alkanes) is 26. The molecule has 0 aliphatic rings. The van der Waals surface area contributed by atoms with Crippen molar-refractivity contribution >= 4 is 25.7 Å². The van der Waals surface area contributed by atoms with Gasteiger partial charge in [0.05, 0.1) is 13.2 Å². The number of allylic oxidation sites excluding steroid dienone is 2. The van der Waals surface area contributed by atoms with Gasteiger partial charge in [0.2, 0.25) is 0 Å². The molecule has 0 aliphatic carbocycles. The van der Waals surface area contributed by atoms with Gasteiger partial charge in [0.25, 0.3) is 0 Å². The Kier molecular flexibility index (Phi) is 37.8. The molecule has 11 nitrogen and oxygen atoms in total. The maximum atomic E-state index is 12.6. The Morgan fingerprint density at radius 1 is 0.545 bits per heavy atom. The van der Waals surface area contributed by atoms with Crippen LogP contribution in [-0.4, -0.2) is 59.9 Å². The Balaban J connectivity index is 4.32. The Morgan fingerprint density at radius 3 is 1.38 bits per heavy atom. The summed E-state index contributed by atoms with van der Waals surface area (Å²) in [5, 5.41) is 8.89. The third-order valence-corrected chi connectivity index (χ3v) is 10.7. The van der Waals surface area contributed by atoms with E-state index in [1.807, 2.05) is 0 Å². The van der Waals surface area contributed by atoms with E-state index < -0.39 is 51.1 Å². The summed E-state index contributed by atoms with van der Waals surface area (Å²) in [6.07, 6.45) is 38.4. The van der Waals surface area contributed by atoms with Crippen LogP contribution in [0.1, 0.15) is 213 Å². The van der Waals surface area contributed by atoms with E-state index in [9.17, 15) is 23.8 Å². The molecular formula is C43H82NO10P. The van der Waals surface area contributed by atoms with Crippen molar-refractivity contribution in [3.63, 3.8) is 0 Å². The summed E-state index contributed by atoms with van der Waals surface area (Å²) in [7, 11) is -4.71. The number of carbonyl (C=O) groups excluding carboxylic acids is 2. The highest BCUT2D eigenvalue weighted by Gasteiger charge is 2.28. The molecule has 4 N–H and O–H groups in total. The molecule has 0 fully saturated rings. The van der Waals surface area contributed by atoms with E-state index in [0.29, 0.717) is 12.8 Å². The van der Waals surface area contributed by atoms with Gasteiger partial charge in [-0.15, -0.1) is 0 Å². The predicted octanol–water partition coefficient (Wildman–Crippen LogP) is 11.7. The molecule has 0 aromatic heterocycles. The van der Waals surface area contributed by atoms with Crippen LogP contribution in [-0.2, 0) is 37.5 Å². The first kappa shape index (κ1) is 53.2. The van der Waals surface area contributed by atoms with Crippen LogP contribution in [0.25, 0.3) is 0 Å². The molecule has 0 saturated carbocycles. The van der Waals surface area contributed by atoms with Gasteiger partial charge in [-0.05, 0) is 32.1 Å². The Hall–Kier alpha value is -1.78. The minimum Gasteiger partial charge on any atom is -0.480 e. The van der Waals surface area contributed by atoms with Crippen molar-refractivity contribution in [3.8, 4) is 0 Å². The number of phosphoric ester groups is 1. The minimum absolute atomic E-state index is 0.167. The van der Waals surface area contributed by atoms with Crippen molar-refractivity contribution < 1.29 is 47.5 Å². The molecule has 0 aromatic carbocycles. The molecule has 12 heteroatoms. The largest absolute Gasteiger partial charge is 0.480 e. The molecule has 0 bridgehead atoms. The Bertz CT molecular complexity index is 995. The van der Waals surface area contributed by atoms with Crippen LogP contribution in [0.3, 0.4) is 0 Å². The van der Waals surface area contributed by atoms with Crippen LogP contribution >= 0.6 is 7.82 Å². The van der Waals surface area contributed by atoms with E-state index in [4.69, 9.17) is 24.8 Å². The number of esters is 2. The summed E-state index contributed by atoms with van der Waals surface area (Å²) < 4.78 is 32.7. The number of carboxylic acid groups (broad SMARTS) is 1. The molecule has 55 heavy (non-hydrogen) atoms. The molecule has 0 saturated heterocycles. The number of carbonyl (C=O) groups is 3. The molecule has 0 rings (SSSR count). The molecular weight excluding hydrogens is 721 g/mol. The predicted molar refractivity (Wildman–Crippen MR) is 222 cm³/mol. The summed E-state index contributed by atoms with van der Waals surface area (Å²) in [4.78, 5) is 46.0. The Morgan fingerprint density at radius 2 is 0.927 bits per heavy atom. The van der Waals surface area contributed by atoms with E-state index in [2.05, 4.69) is 30.5 Å². The maximum Gasteiger partial charge on any atom is 0.472 e. The first-order valence-corrected chi connectivity index (χ1v) is 23.7. The van der Waals surface area contributed by atoms with E-state index in [1.54, 1.807) is 0 Å². The normalized spacial score (nSPS) is 13.8. The quantitative estimate of drug-likeness (QED) is 0.0232. The van der Waals surface area contributed by atoms with Gasteiger partial charge in [-0.3, -0.25) is 23.4 Å². The van der Waals surface area contributed by atoms with Gasteiger partial charge in [-0.25, -0.2) is 4.57 Å². The molecule has 1 unspecified atom stereocenters. The Labute approximate surface area is 335 Å². The van der Waals surface area contributed by atoms with Crippen molar-refractivity contribution in [1.82, 2.24) is 0 Å². The van der Waals surface area contributed by atoms with Crippen LogP contribution in [0.5, 0.6) is 0 Å². The van der Waals surface area contributed by atoms with E-state index in [0.717, 1.165) is 38.5 Å². The summed E-state index contributed by atoms with van der Waals surface area (Å²) in [6, 6.07) is -1.52. The number of hydrogen-bond donors (Lipinski definition) is 3. The maximum absolute atomic E-state index is 12.6. The molecule has 0 aromatic rings. The van der Waals surface area contributed by atoms with Crippen LogP contribution in [0.15, 0.2) is 12.2 Å². The third-order valence-electron chi connectivity index (χ3n) is 9.76. The SMILES string of the molecule is CCCC/C=C/CCCCCCCCCCCC(=O)OC[C@H](COP(=O)(O)OC[C@H](N)C(=O)O)OC(=O)CCCCCCCCCCCCCCCCCC. The van der Waals surface area contributed by atoms with Crippen LogP contribution in [0.2, 0.25) is 0 Å². The highest BCUT2D eigenvalue weighted by molar-refractivity contribution is 7.47. The standard InChI is InChI=1S/C43H82NO10P/c1-3-5-7-9-11-13-15-17-19-21-23-25-27-29-31-33-35-42(46)54-39(37-52-55(49,50)53-38-40(44)43(47)48)36-51-41(45)34-32-30-28-26-24-22-20-18-16-14-12-10-8-6-4-2/h10,12,39-40H,3-9,11,13-38,44H2,1-2H3,(H,47,48)(H,49,50)/b12-10+/t39-,40+/m1/s1. The second-order valence-corrected chi connectivity index (χ2v) is 16.6. The van der Waals surface area contributed by atoms with E-state index >= 15 is 0 Å². The van der Waals surface area contributed by atoms with Gasteiger partial charge >= 0.3 is 25.7 Å². The molecule has 0 amide bonds. The number of rotatable bonds is 42. The fourth-order valence-corrected chi connectivity index (χ4v) is 7.00. The zero-order chi connectivity index (χ0) is 40.7. The lowest BCUT2D eigenvalue weighted by molar-refractivity contribution is -0.161. The van der Waals surface area contributed by atoms with Crippen molar-refractivity contribution in [2.24, 2.45) is 5.73 Å². The highest BCUT2D eigenvalue weighted by atomic mass is 31.2. The van der Waals surface area contributed by atoms with Gasteiger partial charge < -0.3 is 25.2 Å². The molecule has 0 heterocycles. The van der Waals surface area contributed by atoms with Crippen LogP contribution < -0.4 is 5.73 Å². The minimum atomic E-state index is -4.71. The number of carboxylic acids is 1. The third kappa shape index (κ3) is 38.9. The van der Waals surface area contributed by atoms with E-state index in [-0.39, 0.29) is 19.4 Å². The van der Waals surface area contributed by atoms with Crippen LogP contribution in [0, 0.1) is 0 Å². The second-order valence-electron chi connectivity index (χ2n) is 15.2. The number of hydrogen-bond acceptors (Lipinski definition) is 9. The molecule has 0 aliphatic heterocycles. The lowest BCUT2D eigenvalue weighted by Gasteiger charge is -2.20. The van der Waals surface area contributed by atoms with Gasteiger partial charge in [-0.1, -0.05) is 180 Å². The second kappa shape index (κ2) is 39.1. The summed E-state index contributed by atoms with van der Waals surface area (Å²) in [6.45, 7) is 2.80. The number of aliphatic carboxylic acids is 1. The lowest BCUT2D eigenvalue weighted by Crippen LogP contribution is -2.34. The zero-order valence-corrected chi connectivity index (χ0v) is 35.9. The van der Waals surface area contributed by atoms with Crippen LogP contribution in [0.4, 0.5) is 0 Å². The number of phosphoric acid groups is 1. The highest BCUT2D eigenvalue weighted by Crippen LogP contribution is 2.43. The number of ether oxygens (including phenoxy) is 2. The topological polar surface area (TPSA) is 172 Å². The first-order chi connectivity index (χ1) is 26.6. The van der Waals surface area contributed by atoms with E-state index in [1.165, 1.54) is 135 Å². The molecule has 0 radical (unpaired) electrons. The average molecular weight is 804 g/mol. The van der Waals surface area contributed by atoms with Crippen molar-refractivity contribution in [1.29, 1.82) is 0 Å². The van der Waals surface area contributed by atoms with Gasteiger partial charge in [-0.2, -0.15) is 0 Å². The summed E-state index contributed by atoms with van der Waals surface area (Å²) in [5.41, 5.74) is 5.33. The first-order valence-electron chi connectivity index (χ1n) is 22.2. The van der Waals surface area contributed by atoms with Gasteiger partial charge in [0.1, 0.15) is 12.6 Å². The zero-order valence-electron chi connectivity index (χ0n) is 35.0. The smallest absolute Gasteiger partial charge is 0.472 e. The lowest BCUT2D eigenvalue weighted by atomic mass is 10.0. The van der Waals surface area contributed by atoms with Gasteiger partial charge in [0.15, 0.2) is 6.10 Å². The molecule has 3 atom stereocenters.